The van der Waals surface area contributed by atoms with Gasteiger partial charge in [-0.25, -0.2) is 0 Å². The topological polar surface area (TPSA) is 41.1 Å². The van der Waals surface area contributed by atoms with Gasteiger partial charge in [0, 0.05) is 25.0 Å². The Balaban J connectivity index is 1.99. The van der Waals surface area contributed by atoms with Crippen molar-refractivity contribution < 1.29 is 4.79 Å². The van der Waals surface area contributed by atoms with Crippen molar-refractivity contribution in [3.8, 4) is 0 Å². The Bertz CT molecular complexity index is 197. The minimum Gasteiger partial charge on any atom is -0.354 e. The van der Waals surface area contributed by atoms with Crippen LogP contribution >= 0.6 is 0 Å². The van der Waals surface area contributed by atoms with Crippen molar-refractivity contribution in [2.24, 2.45) is 0 Å². The average Bonchev–Trinajstić information content (AvgIpc) is 2.32. The molecule has 1 amide bonds. The van der Waals surface area contributed by atoms with Crippen LogP contribution in [0.25, 0.3) is 0 Å². The fraction of sp³-hybridized carbons (Fsp3) is 0.900. The molecule has 1 aliphatic heterocycles. The molecule has 1 saturated carbocycles. The van der Waals surface area contributed by atoms with E-state index in [-0.39, 0.29) is 11.4 Å². The highest BCUT2D eigenvalue weighted by Gasteiger charge is 2.33. The van der Waals surface area contributed by atoms with Crippen LogP contribution in [-0.4, -0.2) is 24.5 Å². The van der Waals surface area contributed by atoms with Crippen LogP contribution in [0.4, 0.5) is 0 Å². The Morgan fingerprint density at radius 1 is 1.15 bits per heavy atom. The van der Waals surface area contributed by atoms with E-state index in [4.69, 9.17) is 0 Å². The summed E-state index contributed by atoms with van der Waals surface area (Å²) >= 11 is 0. The number of hydrogen-bond acceptors (Lipinski definition) is 2. The molecular weight excluding hydrogens is 164 g/mol. The van der Waals surface area contributed by atoms with Crippen molar-refractivity contribution in [1.29, 1.82) is 0 Å². The Hall–Kier alpha value is -0.570. The summed E-state index contributed by atoms with van der Waals surface area (Å²) in [6.07, 6.45) is 7.07. The summed E-state index contributed by atoms with van der Waals surface area (Å²) in [7, 11) is 0. The highest BCUT2D eigenvalue weighted by atomic mass is 16.1. The number of carbonyl (C=O) groups excluding carboxylic acids is 1. The van der Waals surface area contributed by atoms with Crippen molar-refractivity contribution in [2.75, 3.05) is 13.1 Å². The second-order valence-electron chi connectivity index (χ2n) is 4.29. The molecule has 2 fully saturated rings. The molecule has 2 N–H and O–H groups in total. The van der Waals surface area contributed by atoms with E-state index < -0.39 is 0 Å². The summed E-state index contributed by atoms with van der Waals surface area (Å²) in [4.78, 5) is 11.2. The van der Waals surface area contributed by atoms with Gasteiger partial charge < -0.3 is 10.6 Å². The summed E-state index contributed by atoms with van der Waals surface area (Å²) in [6, 6.07) is 0. The van der Waals surface area contributed by atoms with E-state index in [2.05, 4.69) is 10.6 Å². The maximum absolute atomic E-state index is 11.2. The second-order valence-corrected chi connectivity index (χ2v) is 4.29. The smallest absolute Gasteiger partial charge is 0.221 e. The van der Waals surface area contributed by atoms with Crippen LogP contribution in [0, 0.1) is 0 Å². The third kappa shape index (κ3) is 2.02. The van der Waals surface area contributed by atoms with Gasteiger partial charge in [0.2, 0.25) is 5.91 Å². The lowest BCUT2D eigenvalue weighted by molar-refractivity contribution is -0.120. The van der Waals surface area contributed by atoms with Crippen LogP contribution in [0.2, 0.25) is 0 Å². The number of amides is 1. The molecule has 1 saturated heterocycles. The fourth-order valence-corrected chi connectivity index (χ4v) is 2.44. The predicted molar refractivity (Wildman–Crippen MR) is 51.4 cm³/mol. The van der Waals surface area contributed by atoms with Gasteiger partial charge >= 0.3 is 0 Å². The number of nitrogens with one attached hydrogen (secondary N) is 2. The van der Waals surface area contributed by atoms with Crippen LogP contribution in [-0.2, 0) is 4.79 Å². The van der Waals surface area contributed by atoms with E-state index >= 15 is 0 Å². The maximum atomic E-state index is 11.2. The molecule has 0 aromatic heterocycles. The van der Waals surface area contributed by atoms with E-state index in [0.717, 1.165) is 13.1 Å². The molecule has 13 heavy (non-hydrogen) atoms. The Morgan fingerprint density at radius 2 is 1.92 bits per heavy atom. The zero-order valence-electron chi connectivity index (χ0n) is 8.07. The lowest BCUT2D eigenvalue weighted by Crippen LogP contribution is -2.52. The maximum Gasteiger partial charge on any atom is 0.221 e. The quantitative estimate of drug-likeness (QED) is 0.582. The number of carbonyl (C=O) groups is 1. The molecule has 0 unspecified atom stereocenters. The molecule has 0 aromatic rings. The SMILES string of the molecule is O=C1CCNC2(CCCCC2)CN1. The van der Waals surface area contributed by atoms with Gasteiger partial charge in [-0.1, -0.05) is 19.3 Å². The van der Waals surface area contributed by atoms with Gasteiger partial charge in [-0.05, 0) is 12.8 Å². The minimum absolute atomic E-state index is 0.204. The largest absolute Gasteiger partial charge is 0.354 e. The summed E-state index contributed by atoms with van der Waals surface area (Å²) in [5.74, 6) is 0.204. The van der Waals surface area contributed by atoms with Gasteiger partial charge in [-0.2, -0.15) is 0 Å². The fourth-order valence-electron chi connectivity index (χ4n) is 2.44. The normalized spacial score (nSPS) is 28.2. The molecule has 2 rings (SSSR count). The lowest BCUT2D eigenvalue weighted by atomic mass is 9.82. The summed E-state index contributed by atoms with van der Waals surface area (Å²) < 4.78 is 0. The van der Waals surface area contributed by atoms with E-state index in [1.807, 2.05) is 0 Å². The zero-order valence-corrected chi connectivity index (χ0v) is 8.07. The van der Waals surface area contributed by atoms with E-state index in [0.29, 0.717) is 6.42 Å². The summed E-state index contributed by atoms with van der Waals surface area (Å²) in [5, 5.41) is 6.55. The van der Waals surface area contributed by atoms with E-state index in [1.54, 1.807) is 0 Å². The Morgan fingerprint density at radius 3 is 2.69 bits per heavy atom. The highest BCUT2D eigenvalue weighted by Crippen LogP contribution is 2.28. The molecule has 3 nitrogen and oxygen atoms in total. The van der Waals surface area contributed by atoms with Gasteiger partial charge in [0.15, 0.2) is 0 Å². The molecule has 1 spiro atoms. The molecule has 0 aromatic carbocycles. The molecule has 74 valence electrons. The van der Waals surface area contributed by atoms with Gasteiger partial charge in [-0.3, -0.25) is 4.79 Å². The first-order valence-electron chi connectivity index (χ1n) is 5.33. The molecule has 1 aliphatic carbocycles. The molecule has 0 bridgehead atoms. The first-order chi connectivity index (χ1) is 6.31. The highest BCUT2D eigenvalue weighted by molar-refractivity contribution is 5.76. The second kappa shape index (κ2) is 3.66. The van der Waals surface area contributed by atoms with Crippen molar-refractivity contribution in [3.05, 3.63) is 0 Å². The van der Waals surface area contributed by atoms with E-state index in [9.17, 15) is 4.79 Å². The molecule has 0 radical (unpaired) electrons. The first-order valence-corrected chi connectivity index (χ1v) is 5.33. The number of hydrogen-bond donors (Lipinski definition) is 2. The van der Waals surface area contributed by atoms with E-state index in [1.165, 1.54) is 32.1 Å². The Kier molecular flexibility index (Phi) is 2.54. The molecule has 3 heteroatoms. The van der Waals surface area contributed by atoms with Crippen LogP contribution in [0.15, 0.2) is 0 Å². The third-order valence-corrected chi connectivity index (χ3v) is 3.29. The lowest BCUT2D eigenvalue weighted by Gasteiger charge is -2.36. The standard InChI is InChI=1S/C10H18N2O/c13-9-4-7-12-10(8-11-9)5-2-1-3-6-10/h12H,1-8H2,(H,11,13). The first kappa shape index (κ1) is 9.00. The average molecular weight is 182 g/mol. The number of rotatable bonds is 0. The minimum atomic E-state index is 0.204. The van der Waals surface area contributed by atoms with Crippen molar-refractivity contribution in [2.45, 2.75) is 44.1 Å². The van der Waals surface area contributed by atoms with Gasteiger partial charge in [0.05, 0.1) is 0 Å². The zero-order chi connectivity index (χ0) is 9.15. The molecule has 1 heterocycles. The Labute approximate surface area is 79.3 Å². The van der Waals surface area contributed by atoms with Crippen LogP contribution < -0.4 is 10.6 Å². The van der Waals surface area contributed by atoms with Gasteiger partial charge in [0.25, 0.3) is 0 Å². The molecule has 0 atom stereocenters. The van der Waals surface area contributed by atoms with Crippen LogP contribution in [0.3, 0.4) is 0 Å². The van der Waals surface area contributed by atoms with Crippen molar-refractivity contribution >= 4 is 5.91 Å². The van der Waals surface area contributed by atoms with Crippen LogP contribution in [0.1, 0.15) is 38.5 Å². The summed E-state index contributed by atoms with van der Waals surface area (Å²) in [5.41, 5.74) is 0.240. The van der Waals surface area contributed by atoms with Gasteiger partial charge in [-0.15, -0.1) is 0 Å². The molecule has 2 aliphatic rings. The van der Waals surface area contributed by atoms with Crippen LogP contribution in [0.5, 0.6) is 0 Å². The van der Waals surface area contributed by atoms with Gasteiger partial charge in [0.1, 0.15) is 0 Å². The molecular formula is C10H18N2O. The third-order valence-electron chi connectivity index (χ3n) is 3.29. The van der Waals surface area contributed by atoms with Crippen molar-refractivity contribution in [1.82, 2.24) is 10.6 Å². The monoisotopic (exact) mass is 182 g/mol. The predicted octanol–water partition coefficient (Wildman–Crippen LogP) is 0.799. The van der Waals surface area contributed by atoms with Crippen molar-refractivity contribution in [3.63, 3.8) is 0 Å². The summed E-state index contributed by atoms with van der Waals surface area (Å²) in [6.45, 7) is 1.69.